The molecule has 8 N–H and O–H groups in total. The first-order valence-corrected chi connectivity index (χ1v) is 29.9. The van der Waals surface area contributed by atoms with E-state index in [0.717, 1.165) is 16.0 Å². The molecule has 3 saturated heterocycles. The van der Waals surface area contributed by atoms with Crippen molar-refractivity contribution in [1.82, 2.24) is 31.2 Å². The predicted molar refractivity (Wildman–Crippen MR) is 323 cm³/mol. The molecule has 29 heteroatoms. The number of carbonyl (C=O) groups is 11. The molecule has 90 heavy (non-hydrogen) atoms. The van der Waals surface area contributed by atoms with Crippen molar-refractivity contribution < 1.29 is 91.1 Å². The number of likely N-dealkylation sites (N-methyl/N-ethyl adjacent to an activating group) is 1. The summed E-state index contributed by atoms with van der Waals surface area (Å²) in [6.07, 6.45) is -0.0919. The number of anilines is 2. The fraction of sp³-hybridized carbons (Fsp3) is 0.557. The number of ether oxygens (including phenoxy) is 6. The molecule has 10 atom stereocenters. The number of rotatable bonds is 23. The summed E-state index contributed by atoms with van der Waals surface area (Å²) >= 11 is 6.85. The van der Waals surface area contributed by atoms with Crippen LogP contribution in [0.2, 0.25) is 5.02 Å². The van der Waals surface area contributed by atoms with Crippen molar-refractivity contribution >= 4 is 88.4 Å². The summed E-state index contributed by atoms with van der Waals surface area (Å²) in [4.78, 5) is 152. The number of nitrogens with one attached hydrogen (secondary N) is 5. The Hall–Kier alpha value is -8.34. The van der Waals surface area contributed by atoms with Crippen molar-refractivity contribution in [3.63, 3.8) is 0 Å². The first kappa shape index (κ1) is 70.7. The number of hydroxylamine groups is 2. The predicted octanol–water partition coefficient (Wildman–Crippen LogP) is 4.02. The van der Waals surface area contributed by atoms with Crippen LogP contribution in [0.25, 0.3) is 0 Å². The minimum absolute atomic E-state index is 0.0229. The van der Waals surface area contributed by atoms with E-state index in [2.05, 4.69) is 26.6 Å². The third-order valence-corrected chi connectivity index (χ3v) is 16.6. The van der Waals surface area contributed by atoms with E-state index in [1.807, 2.05) is 13.0 Å². The number of allylic oxidation sites excluding steroid dienone is 3. The van der Waals surface area contributed by atoms with E-state index in [1.54, 1.807) is 52.0 Å². The van der Waals surface area contributed by atoms with Gasteiger partial charge in [-0.1, -0.05) is 56.2 Å². The molecule has 2 aromatic rings. The van der Waals surface area contributed by atoms with Crippen LogP contribution in [0, 0.1) is 11.8 Å². The zero-order valence-electron chi connectivity index (χ0n) is 52.4. The summed E-state index contributed by atoms with van der Waals surface area (Å²) in [5.74, 6) is -7.15. The smallest absolute Gasteiger partial charge is 0.409 e. The summed E-state index contributed by atoms with van der Waals surface area (Å²) in [6, 6.07) is 3.03. The van der Waals surface area contributed by atoms with Gasteiger partial charge in [0.1, 0.15) is 58.6 Å². The molecule has 0 unspecified atom stereocenters. The van der Waals surface area contributed by atoms with E-state index < -0.39 is 138 Å². The summed E-state index contributed by atoms with van der Waals surface area (Å²) in [5.41, 5.74) is 3.86. The number of urea groups is 1. The Balaban J connectivity index is 1.17. The molecule has 4 aliphatic rings. The second kappa shape index (κ2) is 30.9. The van der Waals surface area contributed by atoms with Crippen LogP contribution in [0.15, 0.2) is 54.1 Å². The highest BCUT2D eigenvalue weighted by Crippen LogP contribution is 2.49. The number of fused-ring (bicyclic) bond motifs is 5. The van der Waals surface area contributed by atoms with Crippen molar-refractivity contribution in [3.05, 3.63) is 70.3 Å². The molecule has 4 bridgehead atoms. The third-order valence-electron chi connectivity index (χ3n) is 16.3. The molecule has 6 rings (SSSR count). The summed E-state index contributed by atoms with van der Waals surface area (Å²) in [7, 11) is 6.97. The lowest BCUT2D eigenvalue weighted by Crippen LogP contribution is -2.63. The zero-order valence-corrected chi connectivity index (χ0v) is 53.1. The number of primary amides is 1. The first-order chi connectivity index (χ1) is 42.4. The number of nitrogens with zero attached hydrogens (tertiary/aromatic N) is 3. The summed E-state index contributed by atoms with van der Waals surface area (Å²) in [5, 5.41) is 25.5. The Morgan fingerprint density at radius 3 is 2.24 bits per heavy atom. The van der Waals surface area contributed by atoms with E-state index >= 15 is 0 Å². The molecule has 4 heterocycles. The van der Waals surface area contributed by atoms with Gasteiger partial charge in [0.05, 0.1) is 38.0 Å². The topological polar surface area (TPSA) is 372 Å². The molecule has 28 nitrogen and oxygen atoms in total. The van der Waals surface area contributed by atoms with Crippen molar-refractivity contribution in [2.75, 3.05) is 52.2 Å². The Morgan fingerprint density at radius 1 is 0.922 bits per heavy atom. The SMILES string of the molecule is COc1cc(NC(=O)[C@H](CCCNC(N)=O)NC(=O)[C@@H](NC(=O)CCCCC(=O)ON2C(=O)CCC2=O)C(C)C)ccc1C(=O)N(C)[C@@H](C)C(=O)O[C@H]1CC(=O)N(C)c2cc(cc(OC)c2Cl)C/C(C)=C/C=C/[C@@H](OC)[C@@]2(O)C[C@H](OC(=O)N2)[C@@H](C)[C@@H]2O[C@@]12C. The lowest BCUT2D eigenvalue weighted by Gasteiger charge is -2.42. The molecule has 0 aliphatic carbocycles. The molecule has 10 amide bonds. The van der Waals surface area contributed by atoms with Gasteiger partial charge >= 0.3 is 24.1 Å². The number of unbranched alkanes of at least 4 members (excludes halogenated alkanes) is 1. The molecule has 0 saturated carbocycles. The lowest BCUT2D eigenvalue weighted by atomic mass is 9.83. The van der Waals surface area contributed by atoms with E-state index in [4.69, 9.17) is 50.6 Å². The van der Waals surface area contributed by atoms with Crippen molar-refractivity contribution in [2.24, 2.45) is 17.6 Å². The summed E-state index contributed by atoms with van der Waals surface area (Å²) in [6.45, 7) is 10.1. The Kier molecular flexibility index (Phi) is 24.3. The highest BCUT2D eigenvalue weighted by atomic mass is 35.5. The number of epoxide rings is 1. The number of carbonyl (C=O) groups excluding carboxylic acids is 11. The van der Waals surface area contributed by atoms with Crippen molar-refractivity contribution in [3.8, 4) is 11.5 Å². The minimum Gasteiger partial charge on any atom is -0.496 e. The molecule has 0 spiro atoms. The number of benzene rings is 2. The lowest BCUT2D eigenvalue weighted by molar-refractivity contribution is -0.197. The average molecular weight is 1280 g/mol. The van der Waals surface area contributed by atoms with Crippen LogP contribution in [0.4, 0.5) is 21.0 Å². The van der Waals surface area contributed by atoms with Gasteiger partial charge in [-0.3, -0.25) is 38.9 Å². The molecular weight excluding hydrogens is 1200 g/mol. The molecule has 492 valence electrons. The van der Waals surface area contributed by atoms with E-state index in [0.29, 0.717) is 22.9 Å². The molecular formula is C61H82ClN9O19. The number of hydrogen-bond donors (Lipinski definition) is 7. The average Bonchev–Trinajstić information content (AvgIpc) is 1.59. The van der Waals surface area contributed by atoms with E-state index in [9.17, 15) is 57.8 Å². The van der Waals surface area contributed by atoms with E-state index in [-0.39, 0.29) is 86.4 Å². The van der Waals surface area contributed by atoms with Crippen LogP contribution in [0.1, 0.15) is 122 Å². The Labute approximate surface area is 526 Å². The Morgan fingerprint density at radius 2 is 1.60 bits per heavy atom. The number of amides is 10. The van der Waals surface area contributed by atoms with Gasteiger partial charge in [-0.05, 0) is 88.6 Å². The van der Waals surface area contributed by atoms with Gasteiger partial charge < -0.3 is 75.2 Å². The van der Waals surface area contributed by atoms with Crippen LogP contribution in [-0.4, -0.2) is 176 Å². The normalized spacial score (nSPS) is 24.5. The monoisotopic (exact) mass is 1280 g/mol. The quantitative estimate of drug-likeness (QED) is 0.0357. The van der Waals surface area contributed by atoms with Gasteiger partial charge in [-0.2, -0.15) is 0 Å². The first-order valence-electron chi connectivity index (χ1n) is 29.5. The van der Waals surface area contributed by atoms with Gasteiger partial charge in [0, 0.05) is 77.5 Å². The van der Waals surface area contributed by atoms with E-state index in [1.165, 1.54) is 65.4 Å². The van der Waals surface area contributed by atoms with Gasteiger partial charge in [0.25, 0.3) is 17.7 Å². The number of imide groups is 1. The molecule has 0 radical (unpaired) electrons. The number of halogens is 1. The maximum absolute atomic E-state index is 14.5. The minimum atomic E-state index is -1.93. The van der Waals surface area contributed by atoms with Gasteiger partial charge in [0.2, 0.25) is 23.6 Å². The fourth-order valence-corrected chi connectivity index (χ4v) is 11.0. The maximum Gasteiger partial charge on any atom is 0.409 e. The van der Waals surface area contributed by atoms with Gasteiger partial charge in [0.15, 0.2) is 5.72 Å². The van der Waals surface area contributed by atoms with Crippen molar-refractivity contribution in [2.45, 2.75) is 166 Å². The van der Waals surface area contributed by atoms with Crippen LogP contribution in [-0.2, 0) is 68.6 Å². The Bertz CT molecular complexity index is 3120. The van der Waals surface area contributed by atoms with Crippen molar-refractivity contribution in [1.29, 1.82) is 0 Å². The maximum atomic E-state index is 14.5. The number of alkyl carbamates (subject to hydrolysis) is 1. The third kappa shape index (κ3) is 17.7. The van der Waals surface area contributed by atoms with Gasteiger partial charge in [-0.25, -0.2) is 19.2 Å². The fourth-order valence-electron chi connectivity index (χ4n) is 10.7. The molecule has 0 aromatic heterocycles. The highest BCUT2D eigenvalue weighted by molar-refractivity contribution is 6.35. The number of aliphatic hydroxyl groups is 1. The van der Waals surface area contributed by atoms with Crippen LogP contribution in [0.5, 0.6) is 11.5 Å². The highest BCUT2D eigenvalue weighted by Gasteiger charge is 2.64. The second-order valence-corrected chi connectivity index (χ2v) is 23.6. The standard InChI is InChI=1S/C61H82ClN9O19/c1-32(2)52(67-46(72)19-12-13-20-50(76)90-71-47(73)23-24-48(71)74)55(78)66-39(17-15-25-64-58(63)81)54(77)65-37-21-22-38(41(29-37)84-9)56(79)69(7)35(5)57(80)88-45-30-49(75)70(8)40-27-36(28-42(85-10)51(40)62)26-33(3)16-14-18-44(86-11)61(83)31-43(87-59(82)68-61)34(4)53-60(45,6)89-53/h14,16,18,21-22,27-29,32,34-35,39,43-45,52-53,83H,12-13,15,17,19-20,23-26,30-31H2,1-11H3,(H,65,77)(H,66,78)(H,67,72)(H,68,82)(H3,63,64,81)/b18-14+,33-16+/t34-,35+,39+,43+,44-,45+,52+,53+,60+,61+/m1/s1. The second-order valence-electron chi connectivity index (χ2n) is 23.3. The van der Waals surface area contributed by atoms with Gasteiger partial charge in [-0.15, -0.1) is 5.06 Å². The molecule has 2 aromatic carbocycles. The molecule has 3 fully saturated rings. The molecule has 4 aliphatic heterocycles. The van der Waals surface area contributed by atoms with Crippen LogP contribution >= 0.6 is 11.6 Å². The summed E-state index contributed by atoms with van der Waals surface area (Å²) < 4.78 is 35.2. The zero-order chi connectivity index (χ0) is 66.5. The number of hydrogen-bond acceptors (Lipinski definition) is 19. The van der Waals surface area contributed by atoms with Crippen LogP contribution < -0.4 is 46.7 Å². The van der Waals surface area contributed by atoms with Crippen LogP contribution in [0.3, 0.4) is 0 Å². The number of esters is 1. The largest absolute Gasteiger partial charge is 0.496 e. The number of methoxy groups -OCH3 is 3. The number of nitrogens with two attached hydrogens (primary N) is 1.